The molecule has 0 bridgehead atoms. The fraction of sp³-hybridized carbons (Fsp3) is 0.167. The number of hydrogen-bond acceptors (Lipinski definition) is 3. The van der Waals surface area contributed by atoms with E-state index in [2.05, 4.69) is 78.6 Å². The van der Waals surface area contributed by atoms with E-state index in [9.17, 15) is 4.79 Å². The summed E-state index contributed by atoms with van der Waals surface area (Å²) in [7, 11) is 0. The first-order chi connectivity index (χ1) is 14.8. The second kappa shape index (κ2) is 11.4. The second-order valence-corrected chi connectivity index (χ2v) is 10.4. The first-order valence-electron chi connectivity index (χ1n) is 9.56. The predicted molar refractivity (Wildman–Crippen MR) is 146 cm³/mol. The van der Waals surface area contributed by atoms with Gasteiger partial charge in [0, 0.05) is 4.47 Å². The zero-order valence-corrected chi connectivity index (χ0v) is 23.0. The number of hydrogen-bond donors (Lipinski definition) is 1. The van der Waals surface area contributed by atoms with Gasteiger partial charge in [0.15, 0.2) is 0 Å². The van der Waals surface area contributed by atoms with E-state index < -0.39 is 0 Å². The molecule has 0 aliphatic carbocycles. The lowest BCUT2D eigenvalue weighted by molar-refractivity contribution is -0.120. The molecule has 0 spiro atoms. The van der Waals surface area contributed by atoms with Gasteiger partial charge >= 0.3 is 0 Å². The highest BCUT2D eigenvalue weighted by molar-refractivity contribution is 14.1. The Balaban J connectivity index is 1.58. The molecule has 1 N–H and O–H groups in total. The molecule has 0 saturated heterocycles. The summed E-state index contributed by atoms with van der Waals surface area (Å²) in [6, 6.07) is 18.1. The van der Waals surface area contributed by atoms with Gasteiger partial charge in [-0.15, -0.1) is 0 Å². The molecular weight excluding hydrogens is 682 g/mol. The third-order valence-electron chi connectivity index (χ3n) is 4.66. The minimum atomic E-state index is -0.140. The van der Waals surface area contributed by atoms with Crippen molar-refractivity contribution < 1.29 is 9.53 Å². The maximum atomic E-state index is 12.2. The molecule has 4 nitrogen and oxygen atoms in total. The molecule has 1 amide bonds. The Morgan fingerprint density at radius 1 is 1.00 bits per heavy atom. The quantitative estimate of drug-likeness (QED) is 0.173. The normalized spacial score (nSPS) is 11.0. The number of ether oxygens (including phenoxy) is 1. The Morgan fingerprint density at radius 3 is 2.29 bits per heavy atom. The number of nitrogens with one attached hydrogen (secondary N) is 1. The van der Waals surface area contributed by atoms with Gasteiger partial charge in [-0.2, -0.15) is 5.10 Å². The van der Waals surface area contributed by atoms with Gasteiger partial charge in [0.2, 0.25) is 5.91 Å². The Morgan fingerprint density at radius 2 is 1.65 bits per heavy atom. The topological polar surface area (TPSA) is 50.7 Å². The van der Waals surface area contributed by atoms with E-state index in [0.29, 0.717) is 13.0 Å². The summed E-state index contributed by atoms with van der Waals surface area (Å²) in [5.41, 5.74) is 7.99. The zero-order valence-electron chi connectivity index (χ0n) is 17.1. The molecule has 0 saturated carbocycles. The minimum absolute atomic E-state index is 0.140. The number of carbonyl (C=O) groups is 1. The molecule has 0 aromatic heterocycles. The molecule has 31 heavy (non-hydrogen) atoms. The van der Waals surface area contributed by atoms with Crippen LogP contribution in [-0.4, -0.2) is 12.1 Å². The average Bonchev–Trinajstić information content (AvgIpc) is 2.71. The largest absolute Gasteiger partial charge is 0.487 e. The number of rotatable bonds is 7. The zero-order chi connectivity index (χ0) is 22.4. The number of nitrogens with zero attached hydrogens (tertiary/aromatic N) is 1. The molecule has 3 aromatic rings. The van der Waals surface area contributed by atoms with Crippen molar-refractivity contribution in [1.82, 2.24) is 5.43 Å². The molecule has 160 valence electrons. The molecule has 0 aliphatic rings. The lowest BCUT2D eigenvalue weighted by atomic mass is 10.0. The monoisotopic (exact) mass is 702 g/mol. The first kappa shape index (κ1) is 24.2. The van der Waals surface area contributed by atoms with E-state index in [-0.39, 0.29) is 5.91 Å². The Bertz CT molecular complexity index is 1090. The van der Waals surface area contributed by atoms with E-state index in [0.717, 1.165) is 34.1 Å². The standard InChI is InChI=1S/C24H21BrI2N2O2/c1-15-3-4-18(9-16(15)2)12-23(30)29-28-13-19-10-21(26)24(22(27)11-19)31-14-17-5-7-20(25)8-6-17/h3-11,13H,12,14H2,1-2H3,(H,29,30)/b28-13-. The van der Waals surface area contributed by atoms with Gasteiger partial charge in [-0.1, -0.05) is 46.3 Å². The molecular formula is C24H21BrI2N2O2. The van der Waals surface area contributed by atoms with Crippen LogP contribution in [0.15, 0.2) is 64.2 Å². The summed E-state index contributed by atoms with van der Waals surface area (Å²) < 4.78 is 9.06. The Labute approximate surface area is 218 Å². The van der Waals surface area contributed by atoms with E-state index in [4.69, 9.17) is 4.74 Å². The molecule has 0 unspecified atom stereocenters. The van der Waals surface area contributed by atoms with Crippen molar-refractivity contribution in [3.05, 3.63) is 94.0 Å². The highest BCUT2D eigenvalue weighted by atomic mass is 127. The maximum Gasteiger partial charge on any atom is 0.244 e. The first-order valence-corrected chi connectivity index (χ1v) is 12.5. The van der Waals surface area contributed by atoms with Crippen LogP contribution in [0.25, 0.3) is 0 Å². The summed E-state index contributed by atoms with van der Waals surface area (Å²) in [6.45, 7) is 4.61. The van der Waals surface area contributed by atoms with Crippen LogP contribution in [0.5, 0.6) is 5.75 Å². The predicted octanol–water partition coefficient (Wildman–Crippen LogP) is 6.55. The molecule has 3 rings (SSSR count). The van der Waals surface area contributed by atoms with Crippen molar-refractivity contribution in [2.24, 2.45) is 5.10 Å². The molecule has 0 radical (unpaired) electrons. The second-order valence-electron chi connectivity index (χ2n) is 7.12. The van der Waals surface area contributed by atoms with Gasteiger partial charge in [-0.05, 0) is 111 Å². The number of aryl methyl sites for hydroxylation is 2. The van der Waals surface area contributed by atoms with Gasteiger partial charge in [0.1, 0.15) is 12.4 Å². The number of carbonyl (C=O) groups excluding carboxylic acids is 1. The Hall–Kier alpha value is -1.46. The van der Waals surface area contributed by atoms with Crippen LogP contribution in [-0.2, 0) is 17.8 Å². The fourth-order valence-electron chi connectivity index (χ4n) is 2.85. The van der Waals surface area contributed by atoms with Crippen LogP contribution < -0.4 is 10.2 Å². The van der Waals surface area contributed by atoms with Crippen molar-refractivity contribution in [1.29, 1.82) is 0 Å². The summed E-state index contributed by atoms with van der Waals surface area (Å²) in [5, 5.41) is 4.11. The molecule has 0 heterocycles. The summed E-state index contributed by atoms with van der Waals surface area (Å²) in [5.74, 6) is 0.707. The molecule has 0 aliphatic heterocycles. The number of halogens is 3. The van der Waals surface area contributed by atoms with Crippen molar-refractivity contribution >= 4 is 73.2 Å². The lowest BCUT2D eigenvalue weighted by Crippen LogP contribution is -2.19. The van der Waals surface area contributed by atoms with Gasteiger partial charge in [-0.3, -0.25) is 4.79 Å². The van der Waals surface area contributed by atoms with Crippen LogP contribution in [0.1, 0.15) is 27.8 Å². The summed E-state index contributed by atoms with van der Waals surface area (Å²) in [4.78, 5) is 12.2. The van der Waals surface area contributed by atoms with Crippen LogP contribution in [0.3, 0.4) is 0 Å². The number of amides is 1. The summed E-state index contributed by atoms with van der Waals surface area (Å²) >= 11 is 7.96. The lowest BCUT2D eigenvalue weighted by Gasteiger charge is -2.11. The highest BCUT2D eigenvalue weighted by Crippen LogP contribution is 2.29. The van der Waals surface area contributed by atoms with Gasteiger partial charge in [0.05, 0.1) is 19.8 Å². The van der Waals surface area contributed by atoms with E-state index in [1.54, 1.807) is 6.21 Å². The number of benzene rings is 3. The van der Waals surface area contributed by atoms with Crippen molar-refractivity contribution in [3.8, 4) is 5.75 Å². The SMILES string of the molecule is Cc1ccc(CC(=O)N/N=C\c2cc(I)c(OCc3ccc(Br)cc3)c(I)c2)cc1C. The van der Waals surface area contributed by atoms with Crippen LogP contribution in [0, 0.1) is 21.0 Å². The fourth-order valence-corrected chi connectivity index (χ4v) is 5.24. The van der Waals surface area contributed by atoms with Gasteiger partial charge in [0.25, 0.3) is 0 Å². The van der Waals surface area contributed by atoms with Crippen molar-refractivity contribution in [3.63, 3.8) is 0 Å². The van der Waals surface area contributed by atoms with Gasteiger partial charge in [-0.25, -0.2) is 5.43 Å². The summed E-state index contributed by atoms with van der Waals surface area (Å²) in [6.07, 6.45) is 1.96. The number of hydrazone groups is 1. The van der Waals surface area contributed by atoms with E-state index in [1.165, 1.54) is 11.1 Å². The smallest absolute Gasteiger partial charge is 0.244 e. The van der Waals surface area contributed by atoms with Crippen LogP contribution >= 0.6 is 61.1 Å². The van der Waals surface area contributed by atoms with Crippen molar-refractivity contribution in [2.45, 2.75) is 26.9 Å². The molecule has 7 heteroatoms. The van der Waals surface area contributed by atoms with E-state index >= 15 is 0 Å². The third-order valence-corrected chi connectivity index (χ3v) is 6.79. The molecule has 3 aromatic carbocycles. The van der Waals surface area contributed by atoms with Crippen molar-refractivity contribution in [2.75, 3.05) is 0 Å². The average molecular weight is 703 g/mol. The molecule has 0 fully saturated rings. The van der Waals surface area contributed by atoms with Gasteiger partial charge < -0.3 is 4.74 Å². The van der Waals surface area contributed by atoms with E-state index in [1.807, 2.05) is 61.5 Å². The minimum Gasteiger partial charge on any atom is -0.487 e. The maximum absolute atomic E-state index is 12.2. The Kier molecular flexibility index (Phi) is 8.91. The van der Waals surface area contributed by atoms with Crippen LogP contribution in [0.2, 0.25) is 0 Å². The molecule has 0 atom stereocenters. The third kappa shape index (κ3) is 7.28. The highest BCUT2D eigenvalue weighted by Gasteiger charge is 2.09. The van der Waals surface area contributed by atoms with Crippen LogP contribution in [0.4, 0.5) is 0 Å².